The van der Waals surface area contributed by atoms with Crippen LogP contribution in [0.5, 0.6) is 0 Å². The van der Waals surface area contributed by atoms with Gasteiger partial charge in [0, 0.05) is 11.4 Å². The van der Waals surface area contributed by atoms with Crippen molar-refractivity contribution in [2.75, 3.05) is 5.32 Å². The van der Waals surface area contributed by atoms with E-state index in [0.29, 0.717) is 6.04 Å². The van der Waals surface area contributed by atoms with Crippen molar-refractivity contribution in [2.24, 2.45) is 5.41 Å². The Morgan fingerprint density at radius 2 is 2.14 bits per heavy atom. The first-order valence-corrected chi connectivity index (χ1v) is 6.02. The Labute approximate surface area is 90.8 Å². The van der Waals surface area contributed by atoms with Crippen LogP contribution in [-0.4, -0.2) is 11.0 Å². The van der Waals surface area contributed by atoms with Crippen molar-refractivity contribution in [2.45, 2.75) is 47.1 Å². The lowest BCUT2D eigenvalue weighted by atomic mass is 9.88. The number of anilines is 1. The number of thiazole rings is 1. The molecule has 1 atom stereocenters. The van der Waals surface area contributed by atoms with E-state index in [1.807, 2.05) is 0 Å². The van der Waals surface area contributed by atoms with E-state index in [4.69, 9.17) is 0 Å². The van der Waals surface area contributed by atoms with Crippen LogP contribution in [0.2, 0.25) is 0 Å². The number of nitrogens with one attached hydrogen (secondary N) is 1. The van der Waals surface area contributed by atoms with E-state index in [0.717, 1.165) is 11.6 Å². The van der Waals surface area contributed by atoms with Gasteiger partial charge in [-0.1, -0.05) is 27.7 Å². The smallest absolute Gasteiger partial charge is 0.183 e. The van der Waals surface area contributed by atoms with Crippen LogP contribution in [0.25, 0.3) is 0 Å². The fourth-order valence-corrected chi connectivity index (χ4v) is 1.82. The minimum atomic E-state index is 0.276. The SMILES string of the molecule is CCc1csc(NC(C)C(C)(C)C)n1. The first-order valence-electron chi connectivity index (χ1n) is 5.14. The number of nitrogens with zero attached hydrogens (tertiary/aromatic N) is 1. The van der Waals surface area contributed by atoms with E-state index in [1.54, 1.807) is 11.3 Å². The van der Waals surface area contributed by atoms with Crippen molar-refractivity contribution in [3.8, 4) is 0 Å². The number of aryl methyl sites for hydroxylation is 1. The van der Waals surface area contributed by atoms with Crippen LogP contribution >= 0.6 is 11.3 Å². The fraction of sp³-hybridized carbons (Fsp3) is 0.727. The Bertz CT molecular complexity index is 286. The normalized spacial score (nSPS) is 14.1. The van der Waals surface area contributed by atoms with Crippen molar-refractivity contribution >= 4 is 16.5 Å². The van der Waals surface area contributed by atoms with E-state index in [-0.39, 0.29) is 5.41 Å². The van der Waals surface area contributed by atoms with Gasteiger partial charge in [-0.25, -0.2) is 4.98 Å². The van der Waals surface area contributed by atoms with Crippen LogP contribution < -0.4 is 5.32 Å². The summed E-state index contributed by atoms with van der Waals surface area (Å²) in [6, 6.07) is 0.443. The number of hydrogen-bond donors (Lipinski definition) is 1. The molecular weight excluding hydrogens is 192 g/mol. The van der Waals surface area contributed by atoms with E-state index >= 15 is 0 Å². The Morgan fingerprint density at radius 3 is 2.57 bits per heavy atom. The first kappa shape index (κ1) is 11.5. The second kappa shape index (κ2) is 4.30. The molecule has 0 aliphatic carbocycles. The van der Waals surface area contributed by atoms with Gasteiger partial charge in [0.2, 0.25) is 0 Å². The van der Waals surface area contributed by atoms with Gasteiger partial charge in [0.25, 0.3) is 0 Å². The standard InChI is InChI=1S/C11H20N2S/c1-6-9-7-14-10(13-9)12-8(2)11(3,4)5/h7-8H,6H2,1-5H3,(H,12,13). The molecule has 0 radical (unpaired) electrons. The first-order chi connectivity index (χ1) is 6.43. The molecule has 1 unspecified atom stereocenters. The highest BCUT2D eigenvalue weighted by Crippen LogP contribution is 2.24. The second-order valence-electron chi connectivity index (χ2n) is 4.73. The Balaban J connectivity index is 2.60. The molecule has 80 valence electrons. The molecule has 2 nitrogen and oxygen atoms in total. The maximum Gasteiger partial charge on any atom is 0.183 e. The van der Waals surface area contributed by atoms with Crippen molar-refractivity contribution in [1.82, 2.24) is 4.98 Å². The summed E-state index contributed by atoms with van der Waals surface area (Å²) in [4.78, 5) is 4.49. The van der Waals surface area contributed by atoms with Gasteiger partial charge in [-0.15, -0.1) is 11.3 Å². The minimum Gasteiger partial charge on any atom is -0.359 e. The largest absolute Gasteiger partial charge is 0.359 e. The molecule has 1 aromatic rings. The lowest BCUT2D eigenvalue weighted by Gasteiger charge is -2.27. The number of hydrogen-bond acceptors (Lipinski definition) is 3. The highest BCUT2D eigenvalue weighted by atomic mass is 32.1. The van der Waals surface area contributed by atoms with Crippen molar-refractivity contribution in [1.29, 1.82) is 0 Å². The Morgan fingerprint density at radius 1 is 1.50 bits per heavy atom. The molecule has 1 N–H and O–H groups in total. The predicted octanol–water partition coefficient (Wildman–Crippen LogP) is 3.55. The van der Waals surface area contributed by atoms with E-state index in [9.17, 15) is 0 Å². The van der Waals surface area contributed by atoms with Gasteiger partial charge in [-0.05, 0) is 18.8 Å². The second-order valence-corrected chi connectivity index (χ2v) is 5.59. The molecule has 0 aromatic carbocycles. The maximum absolute atomic E-state index is 4.49. The zero-order chi connectivity index (χ0) is 10.8. The van der Waals surface area contributed by atoms with Gasteiger partial charge in [0.1, 0.15) is 0 Å². The summed E-state index contributed by atoms with van der Waals surface area (Å²) in [5.74, 6) is 0. The summed E-state index contributed by atoms with van der Waals surface area (Å²) in [5.41, 5.74) is 1.46. The molecule has 1 rings (SSSR count). The van der Waals surface area contributed by atoms with Crippen molar-refractivity contribution in [3.05, 3.63) is 11.1 Å². The van der Waals surface area contributed by atoms with Crippen molar-refractivity contribution in [3.63, 3.8) is 0 Å². The molecule has 0 aliphatic rings. The molecule has 0 fully saturated rings. The van der Waals surface area contributed by atoms with E-state index in [1.165, 1.54) is 5.69 Å². The van der Waals surface area contributed by atoms with Crippen LogP contribution in [0.15, 0.2) is 5.38 Å². The molecule has 1 aromatic heterocycles. The van der Waals surface area contributed by atoms with E-state index < -0.39 is 0 Å². The number of aromatic nitrogens is 1. The van der Waals surface area contributed by atoms with Crippen LogP contribution in [0, 0.1) is 5.41 Å². The summed E-state index contributed by atoms with van der Waals surface area (Å²) in [5, 5.41) is 6.61. The van der Waals surface area contributed by atoms with Gasteiger partial charge >= 0.3 is 0 Å². The topological polar surface area (TPSA) is 24.9 Å². The lowest BCUT2D eigenvalue weighted by Crippen LogP contribution is -2.30. The summed E-state index contributed by atoms with van der Waals surface area (Å²) in [7, 11) is 0. The molecule has 3 heteroatoms. The molecule has 0 spiro atoms. The van der Waals surface area contributed by atoms with Crippen LogP contribution in [-0.2, 0) is 6.42 Å². The highest BCUT2D eigenvalue weighted by Gasteiger charge is 2.20. The zero-order valence-corrected chi connectivity index (χ0v) is 10.5. The van der Waals surface area contributed by atoms with Crippen LogP contribution in [0.3, 0.4) is 0 Å². The van der Waals surface area contributed by atoms with Gasteiger partial charge in [0.05, 0.1) is 5.69 Å². The fourth-order valence-electron chi connectivity index (χ4n) is 0.937. The highest BCUT2D eigenvalue weighted by molar-refractivity contribution is 7.13. The van der Waals surface area contributed by atoms with E-state index in [2.05, 4.69) is 50.3 Å². The summed E-state index contributed by atoms with van der Waals surface area (Å²) < 4.78 is 0. The lowest BCUT2D eigenvalue weighted by molar-refractivity contribution is 0.359. The maximum atomic E-state index is 4.49. The number of rotatable bonds is 3. The molecule has 0 amide bonds. The molecular formula is C11H20N2S. The minimum absolute atomic E-state index is 0.276. The third-order valence-electron chi connectivity index (χ3n) is 2.55. The van der Waals surface area contributed by atoms with Gasteiger partial charge in [0.15, 0.2) is 5.13 Å². The average molecular weight is 212 g/mol. The molecule has 0 saturated carbocycles. The molecule has 14 heavy (non-hydrogen) atoms. The van der Waals surface area contributed by atoms with Gasteiger partial charge in [-0.3, -0.25) is 0 Å². The molecule has 0 bridgehead atoms. The van der Waals surface area contributed by atoms with Gasteiger partial charge < -0.3 is 5.32 Å². The third kappa shape index (κ3) is 2.98. The molecule has 0 aliphatic heterocycles. The van der Waals surface area contributed by atoms with Crippen LogP contribution in [0.1, 0.15) is 40.3 Å². The summed E-state index contributed by atoms with van der Waals surface area (Å²) in [6.45, 7) is 11.0. The molecule has 0 saturated heterocycles. The monoisotopic (exact) mass is 212 g/mol. The predicted molar refractivity (Wildman–Crippen MR) is 64.0 cm³/mol. The Hall–Kier alpha value is -0.570. The third-order valence-corrected chi connectivity index (χ3v) is 3.38. The van der Waals surface area contributed by atoms with Gasteiger partial charge in [-0.2, -0.15) is 0 Å². The molecule has 1 heterocycles. The quantitative estimate of drug-likeness (QED) is 0.828. The average Bonchev–Trinajstić information content (AvgIpc) is 2.50. The summed E-state index contributed by atoms with van der Waals surface area (Å²) >= 11 is 1.70. The van der Waals surface area contributed by atoms with Crippen LogP contribution in [0.4, 0.5) is 5.13 Å². The summed E-state index contributed by atoms with van der Waals surface area (Å²) in [6.07, 6.45) is 1.02. The zero-order valence-electron chi connectivity index (χ0n) is 9.72. The van der Waals surface area contributed by atoms with Crippen molar-refractivity contribution < 1.29 is 0 Å². The Kier molecular flexibility index (Phi) is 3.53.